The van der Waals surface area contributed by atoms with E-state index in [2.05, 4.69) is 26.9 Å². The van der Waals surface area contributed by atoms with Gasteiger partial charge >= 0.3 is 0 Å². The lowest BCUT2D eigenvalue weighted by Crippen LogP contribution is -2.34. The van der Waals surface area contributed by atoms with Crippen molar-refractivity contribution in [2.24, 2.45) is 10.9 Å². The molecule has 3 N–H and O–H groups in total. The minimum Gasteiger partial charge on any atom is -0.409 e. The minimum atomic E-state index is 0.0224. The van der Waals surface area contributed by atoms with Gasteiger partial charge < -0.3 is 15.8 Å². The lowest BCUT2D eigenvalue weighted by Gasteiger charge is -2.27. The second kappa shape index (κ2) is 5.86. The topological polar surface area (TPSA) is 87.6 Å². The molecule has 1 atom stereocenters. The highest BCUT2D eigenvalue weighted by molar-refractivity contribution is 5.95. The molecule has 1 aliphatic rings. The van der Waals surface area contributed by atoms with Gasteiger partial charge in [0, 0.05) is 18.3 Å². The van der Waals surface area contributed by atoms with E-state index in [4.69, 9.17) is 10.9 Å². The molecule has 0 radical (unpaired) electrons. The van der Waals surface area contributed by atoms with Gasteiger partial charge in [-0.2, -0.15) is 0 Å². The van der Waals surface area contributed by atoms with Gasteiger partial charge in [0.25, 0.3) is 0 Å². The summed E-state index contributed by atoms with van der Waals surface area (Å²) in [5.41, 5.74) is 6.91. The van der Waals surface area contributed by atoms with Crippen LogP contribution in [-0.4, -0.2) is 33.6 Å². The van der Waals surface area contributed by atoms with Gasteiger partial charge in [-0.15, -0.1) is 0 Å². The van der Waals surface area contributed by atoms with Crippen LogP contribution in [0.25, 0.3) is 0 Å². The molecule has 1 aromatic heterocycles. The summed E-state index contributed by atoms with van der Waals surface area (Å²) in [5.74, 6) is 0.699. The van der Waals surface area contributed by atoms with Crippen LogP contribution in [0, 0.1) is 6.92 Å². The maximum atomic E-state index is 8.77. The van der Waals surface area contributed by atoms with Crippen molar-refractivity contribution in [2.75, 3.05) is 11.4 Å². The summed E-state index contributed by atoms with van der Waals surface area (Å²) in [6.07, 6.45) is 4.80. The quantitative estimate of drug-likeness (QED) is 0.366. The van der Waals surface area contributed by atoms with Crippen molar-refractivity contribution in [1.82, 2.24) is 9.97 Å². The maximum absolute atomic E-state index is 8.77. The molecule has 1 aromatic rings. The van der Waals surface area contributed by atoms with E-state index in [9.17, 15) is 0 Å². The predicted octanol–water partition coefficient (Wildman–Crippen LogP) is 1.65. The van der Waals surface area contributed by atoms with E-state index >= 15 is 0 Å². The van der Waals surface area contributed by atoms with E-state index in [0.29, 0.717) is 17.7 Å². The maximum Gasteiger partial charge on any atom is 0.226 e. The normalized spacial score (nSPS) is 21.3. The molecule has 1 fully saturated rings. The lowest BCUT2D eigenvalue weighted by atomic mass is 10.1. The van der Waals surface area contributed by atoms with Gasteiger partial charge in [0.05, 0.1) is 0 Å². The fraction of sp³-hybridized carbons (Fsp3) is 0.615. The number of amidine groups is 1. The monoisotopic (exact) mass is 263 g/mol. The molecular formula is C13H21N5O. The van der Waals surface area contributed by atoms with E-state index in [-0.39, 0.29) is 5.84 Å². The molecule has 2 heterocycles. The summed E-state index contributed by atoms with van der Waals surface area (Å²) in [5, 5.41) is 11.8. The number of aryl methyl sites for hydroxylation is 1. The predicted molar refractivity (Wildman–Crippen MR) is 74.6 cm³/mol. The summed E-state index contributed by atoms with van der Waals surface area (Å²) in [6.45, 7) is 5.04. The van der Waals surface area contributed by atoms with Gasteiger partial charge in [-0.25, -0.2) is 9.97 Å². The fourth-order valence-electron chi connectivity index (χ4n) is 2.44. The second-order valence-electron chi connectivity index (χ2n) is 5.07. The number of hydrogen-bond donors (Lipinski definition) is 2. The van der Waals surface area contributed by atoms with Crippen molar-refractivity contribution >= 4 is 11.8 Å². The van der Waals surface area contributed by atoms with E-state index in [1.165, 1.54) is 12.8 Å². The van der Waals surface area contributed by atoms with Crippen molar-refractivity contribution < 1.29 is 5.21 Å². The molecule has 0 aromatic carbocycles. The van der Waals surface area contributed by atoms with Gasteiger partial charge in [-0.1, -0.05) is 18.0 Å². The largest absolute Gasteiger partial charge is 0.409 e. The Labute approximate surface area is 113 Å². The van der Waals surface area contributed by atoms with Crippen molar-refractivity contribution in [3.05, 3.63) is 17.5 Å². The molecule has 6 heteroatoms. The molecule has 0 amide bonds. The summed E-state index contributed by atoms with van der Waals surface area (Å²) in [4.78, 5) is 11.1. The Kier molecular flexibility index (Phi) is 4.19. The first-order valence-corrected chi connectivity index (χ1v) is 6.72. The first-order valence-electron chi connectivity index (χ1n) is 6.72. The summed E-state index contributed by atoms with van der Waals surface area (Å²) < 4.78 is 0. The number of anilines is 1. The molecule has 0 spiro atoms. The lowest BCUT2D eigenvalue weighted by molar-refractivity contribution is 0.318. The average Bonchev–Trinajstić information content (AvgIpc) is 2.61. The highest BCUT2D eigenvalue weighted by Crippen LogP contribution is 2.21. The van der Waals surface area contributed by atoms with Crippen molar-refractivity contribution in [1.29, 1.82) is 0 Å². The van der Waals surface area contributed by atoms with E-state index in [1.807, 2.05) is 6.92 Å². The zero-order valence-corrected chi connectivity index (χ0v) is 11.5. The Bertz CT molecular complexity index is 474. The average molecular weight is 263 g/mol. The standard InChI is InChI=1S/C13H21N5O/c1-9-8-11(12(14)17-19)16-13(15-9)18-7-5-3-4-6-10(18)2/h8,10,19H,3-7H2,1-2H3,(H2,14,17). The van der Waals surface area contributed by atoms with Gasteiger partial charge in [-0.3, -0.25) is 0 Å². The number of nitrogens with two attached hydrogens (primary N) is 1. The van der Waals surface area contributed by atoms with Crippen LogP contribution in [0.2, 0.25) is 0 Å². The van der Waals surface area contributed by atoms with Crippen molar-refractivity contribution in [3.8, 4) is 0 Å². The highest BCUT2D eigenvalue weighted by Gasteiger charge is 2.20. The van der Waals surface area contributed by atoms with Crippen LogP contribution < -0.4 is 10.6 Å². The molecule has 0 bridgehead atoms. The Morgan fingerprint density at radius 3 is 2.95 bits per heavy atom. The summed E-state index contributed by atoms with van der Waals surface area (Å²) in [7, 11) is 0. The van der Waals surface area contributed by atoms with Crippen LogP contribution in [0.15, 0.2) is 11.2 Å². The van der Waals surface area contributed by atoms with Gasteiger partial charge in [0.15, 0.2) is 5.84 Å². The second-order valence-corrected chi connectivity index (χ2v) is 5.07. The summed E-state index contributed by atoms with van der Waals surface area (Å²) >= 11 is 0. The van der Waals surface area contributed by atoms with E-state index in [1.54, 1.807) is 6.07 Å². The number of oxime groups is 1. The van der Waals surface area contributed by atoms with Gasteiger partial charge in [0.2, 0.25) is 5.95 Å². The third kappa shape index (κ3) is 3.13. The van der Waals surface area contributed by atoms with Crippen LogP contribution in [-0.2, 0) is 0 Å². The van der Waals surface area contributed by atoms with Crippen LogP contribution in [0.3, 0.4) is 0 Å². The molecule has 1 saturated heterocycles. The molecule has 104 valence electrons. The fourth-order valence-corrected chi connectivity index (χ4v) is 2.44. The summed E-state index contributed by atoms with van der Waals surface area (Å²) in [6, 6.07) is 2.14. The highest BCUT2D eigenvalue weighted by atomic mass is 16.4. The van der Waals surface area contributed by atoms with Crippen LogP contribution in [0.4, 0.5) is 5.95 Å². The zero-order chi connectivity index (χ0) is 13.8. The Morgan fingerprint density at radius 2 is 2.21 bits per heavy atom. The Hall–Kier alpha value is -1.85. The molecule has 1 aliphatic heterocycles. The number of hydrogen-bond acceptors (Lipinski definition) is 5. The first kappa shape index (κ1) is 13.6. The van der Waals surface area contributed by atoms with Crippen molar-refractivity contribution in [3.63, 3.8) is 0 Å². The third-order valence-corrected chi connectivity index (χ3v) is 3.52. The molecule has 0 aliphatic carbocycles. The van der Waals surface area contributed by atoms with E-state index in [0.717, 1.165) is 25.1 Å². The molecule has 6 nitrogen and oxygen atoms in total. The molecule has 0 saturated carbocycles. The zero-order valence-electron chi connectivity index (χ0n) is 11.5. The first-order chi connectivity index (χ1) is 9.11. The SMILES string of the molecule is Cc1cc(/C(N)=N/O)nc(N2CCCCCC2C)n1. The van der Waals surface area contributed by atoms with Crippen LogP contribution in [0.5, 0.6) is 0 Å². The molecular weight excluding hydrogens is 242 g/mol. The molecule has 2 rings (SSSR count). The molecule has 19 heavy (non-hydrogen) atoms. The van der Waals surface area contributed by atoms with Gasteiger partial charge in [-0.05, 0) is 32.8 Å². The Morgan fingerprint density at radius 1 is 1.42 bits per heavy atom. The van der Waals surface area contributed by atoms with Gasteiger partial charge in [0.1, 0.15) is 5.69 Å². The number of rotatable bonds is 2. The number of nitrogens with zero attached hydrogens (tertiary/aromatic N) is 4. The van der Waals surface area contributed by atoms with E-state index < -0.39 is 0 Å². The molecule has 1 unspecified atom stereocenters. The minimum absolute atomic E-state index is 0.0224. The van der Waals surface area contributed by atoms with Crippen molar-refractivity contribution in [2.45, 2.75) is 45.6 Å². The third-order valence-electron chi connectivity index (χ3n) is 3.52. The Balaban J connectivity index is 2.35. The smallest absolute Gasteiger partial charge is 0.226 e. The van der Waals surface area contributed by atoms with Crippen LogP contribution >= 0.6 is 0 Å². The number of aromatic nitrogens is 2. The van der Waals surface area contributed by atoms with Crippen LogP contribution in [0.1, 0.15) is 44.0 Å².